The van der Waals surface area contributed by atoms with Gasteiger partial charge in [0.2, 0.25) is 5.91 Å². The highest BCUT2D eigenvalue weighted by Gasteiger charge is 2.03. The number of amides is 1. The molecule has 1 aromatic rings. The van der Waals surface area contributed by atoms with Gasteiger partial charge in [0.25, 0.3) is 0 Å². The number of hydrogen-bond donors (Lipinski definition) is 1. The third-order valence-corrected chi connectivity index (χ3v) is 3.17. The predicted octanol–water partition coefficient (Wildman–Crippen LogP) is 3.85. The normalized spacial score (nSPS) is 10.7. The zero-order valence-corrected chi connectivity index (χ0v) is 14.3. The molecule has 0 fully saturated rings. The Bertz CT molecular complexity index is 406. The number of carbonyl (C=O) groups excluding carboxylic acids is 1. The van der Waals surface area contributed by atoms with Crippen molar-refractivity contribution >= 4 is 27.5 Å². The highest BCUT2D eigenvalue weighted by atomic mass is 79.9. The van der Waals surface area contributed by atoms with Crippen molar-refractivity contribution in [3.8, 4) is 5.75 Å². The van der Waals surface area contributed by atoms with Gasteiger partial charge in [-0.15, -0.1) is 0 Å². The van der Waals surface area contributed by atoms with Gasteiger partial charge < -0.3 is 14.8 Å². The maximum Gasteiger partial charge on any atom is 0.226 e. The second-order valence-electron chi connectivity index (χ2n) is 5.18. The largest absolute Gasteiger partial charge is 0.494 e. The summed E-state index contributed by atoms with van der Waals surface area (Å²) >= 11 is 3.36. The number of halogens is 1. The summed E-state index contributed by atoms with van der Waals surface area (Å²) in [5.41, 5.74) is 0.775. The molecule has 1 N–H and O–H groups in total. The number of hydrogen-bond acceptors (Lipinski definition) is 3. The van der Waals surface area contributed by atoms with Crippen LogP contribution in [0.5, 0.6) is 5.75 Å². The number of ether oxygens (including phenoxy) is 2. The van der Waals surface area contributed by atoms with Crippen LogP contribution in [0.2, 0.25) is 0 Å². The summed E-state index contributed by atoms with van der Waals surface area (Å²) in [4.78, 5) is 11.7. The number of benzene rings is 1. The molecule has 0 unspecified atom stereocenters. The molecule has 1 rings (SSSR count). The van der Waals surface area contributed by atoms with Crippen molar-refractivity contribution in [2.24, 2.45) is 5.92 Å². The number of carbonyl (C=O) groups is 1. The molecule has 5 heteroatoms. The maximum atomic E-state index is 11.7. The van der Waals surface area contributed by atoms with Gasteiger partial charge >= 0.3 is 0 Å². The molecular formula is C16H24BrNO3. The van der Waals surface area contributed by atoms with Gasteiger partial charge in [0, 0.05) is 17.6 Å². The van der Waals surface area contributed by atoms with E-state index in [1.54, 1.807) is 0 Å². The number of alkyl halides is 1. The first-order chi connectivity index (χ1) is 10.1. The van der Waals surface area contributed by atoms with E-state index < -0.39 is 0 Å². The third kappa shape index (κ3) is 8.73. The number of nitrogens with one attached hydrogen (secondary N) is 1. The summed E-state index contributed by atoms with van der Waals surface area (Å²) in [6, 6.07) is 7.41. The summed E-state index contributed by atoms with van der Waals surface area (Å²) in [6.07, 6.45) is 1.34. The molecule has 0 atom stereocenters. The van der Waals surface area contributed by atoms with E-state index in [4.69, 9.17) is 9.47 Å². The highest BCUT2D eigenvalue weighted by Crippen LogP contribution is 2.16. The lowest BCUT2D eigenvalue weighted by atomic mass is 10.2. The summed E-state index contributed by atoms with van der Waals surface area (Å²) in [5, 5.41) is 3.77. The van der Waals surface area contributed by atoms with Crippen molar-refractivity contribution in [2.45, 2.75) is 26.7 Å². The molecule has 21 heavy (non-hydrogen) atoms. The Morgan fingerprint density at radius 2 is 1.95 bits per heavy atom. The Balaban J connectivity index is 2.26. The van der Waals surface area contributed by atoms with Crippen LogP contribution in [0, 0.1) is 5.92 Å². The molecule has 4 nitrogen and oxygen atoms in total. The first-order valence-corrected chi connectivity index (χ1v) is 8.40. The first kappa shape index (κ1) is 18.0. The highest BCUT2D eigenvalue weighted by molar-refractivity contribution is 9.09. The Morgan fingerprint density at radius 3 is 2.57 bits per heavy atom. The summed E-state index contributed by atoms with van der Waals surface area (Å²) in [7, 11) is 0. The van der Waals surface area contributed by atoms with E-state index in [0.717, 1.165) is 23.2 Å². The van der Waals surface area contributed by atoms with Crippen LogP contribution < -0.4 is 10.1 Å². The van der Waals surface area contributed by atoms with E-state index >= 15 is 0 Å². The second kappa shape index (κ2) is 10.6. The Kier molecular flexibility index (Phi) is 9.10. The topological polar surface area (TPSA) is 47.6 Å². The average Bonchev–Trinajstić information content (AvgIpc) is 2.45. The van der Waals surface area contributed by atoms with Crippen molar-refractivity contribution in [3.05, 3.63) is 24.3 Å². The van der Waals surface area contributed by atoms with Crippen LogP contribution in [0.15, 0.2) is 24.3 Å². The fraction of sp³-hybridized carbons (Fsp3) is 0.562. The van der Waals surface area contributed by atoms with Gasteiger partial charge in [-0.1, -0.05) is 29.8 Å². The lowest BCUT2D eigenvalue weighted by molar-refractivity contribution is -0.117. The van der Waals surface area contributed by atoms with E-state index in [1.165, 1.54) is 0 Å². The lowest BCUT2D eigenvalue weighted by Crippen LogP contribution is -2.15. The molecule has 0 bridgehead atoms. The van der Waals surface area contributed by atoms with Crippen LogP contribution in [0.3, 0.4) is 0 Å². The molecule has 118 valence electrons. The number of rotatable bonds is 10. The molecule has 0 aliphatic rings. The van der Waals surface area contributed by atoms with Gasteiger partial charge in [0.05, 0.1) is 19.6 Å². The standard InChI is InChI=1S/C16H24BrNO3/c1-13(2)12-20-11-8-16(19)18-14-4-6-15(7-5-14)21-10-3-9-17/h4-7,13H,3,8-12H2,1-2H3,(H,18,19). The zero-order chi connectivity index (χ0) is 15.5. The molecule has 0 aliphatic heterocycles. The molecule has 0 saturated heterocycles. The lowest BCUT2D eigenvalue weighted by Gasteiger charge is -2.09. The van der Waals surface area contributed by atoms with E-state index in [-0.39, 0.29) is 5.91 Å². The minimum Gasteiger partial charge on any atom is -0.494 e. The van der Waals surface area contributed by atoms with Gasteiger partial charge in [-0.25, -0.2) is 0 Å². The van der Waals surface area contributed by atoms with Crippen LogP contribution in [-0.4, -0.2) is 31.1 Å². The predicted molar refractivity (Wildman–Crippen MR) is 89.3 cm³/mol. The molecule has 0 aliphatic carbocycles. The fourth-order valence-electron chi connectivity index (χ4n) is 1.59. The van der Waals surface area contributed by atoms with Crippen molar-refractivity contribution in [1.82, 2.24) is 0 Å². The summed E-state index contributed by atoms with van der Waals surface area (Å²) in [6.45, 7) is 6.00. The van der Waals surface area contributed by atoms with Gasteiger partial charge in [-0.2, -0.15) is 0 Å². The monoisotopic (exact) mass is 357 g/mol. The maximum absolute atomic E-state index is 11.7. The Labute approximate surface area is 135 Å². The Hall–Kier alpha value is -1.07. The molecular weight excluding hydrogens is 334 g/mol. The molecule has 1 aromatic carbocycles. The molecule has 1 amide bonds. The fourth-order valence-corrected chi connectivity index (χ4v) is 1.82. The van der Waals surface area contributed by atoms with Crippen LogP contribution in [0.4, 0.5) is 5.69 Å². The smallest absolute Gasteiger partial charge is 0.226 e. The van der Waals surface area contributed by atoms with E-state index in [2.05, 4.69) is 35.1 Å². The quantitative estimate of drug-likeness (QED) is 0.511. The van der Waals surface area contributed by atoms with Crippen molar-refractivity contribution in [3.63, 3.8) is 0 Å². The van der Waals surface area contributed by atoms with Gasteiger partial charge in [-0.05, 0) is 36.6 Å². The minimum atomic E-state index is -0.0355. The molecule has 0 aromatic heterocycles. The van der Waals surface area contributed by atoms with Crippen molar-refractivity contribution in [1.29, 1.82) is 0 Å². The van der Waals surface area contributed by atoms with E-state index in [1.807, 2.05) is 24.3 Å². The van der Waals surface area contributed by atoms with E-state index in [9.17, 15) is 4.79 Å². The summed E-state index contributed by atoms with van der Waals surface area (Å²) < 4.78 is 10.9. The first-order valence-electron chi connectivity index (χ1n) is 7.28. The Morgan fingerprint density at radius 1 is 1.24 bits per heavy atom. The second-order valence-corrected chi connectivity index (χ2v) is 5.98. The molecule has 0 heterocycles. The van der Waals surface area contributed by atoms with E-state index in [0.29, 0.717) is 32.2 Å². The number of anilines is 1. The molecule has 0 radical (unpaired) electrons. The molecule has 0 spiro atoms. The van der Waals surface area contributed by atoms with Gasteiger partial charge in [-0.3, -0.25) is 4.79 Å². The van der Waals surface area contributed by atoms with Crippen molar-refractivity contribution < 1.29 is 14.3 Å². The van der Waals surface area contributed by atoms with Crippen LogP contribution in [0.1, 0.15) is 26.7 Å². The SMILES string of the molecule is CC(C)COCCC(=O)Nc1ccc(OCCCBr)cc1. The van der Waals surface area contributed by atoms with Gasteiger partial charge in [0.15, 0.2) is 0 Å². The van der Waals surface area contributed by atoms with Crippen molar-refractivity contribution in [2.75, 3.05) is 30.5 Å². The zero-order valence-electron chi connectivity index (χ0n) is 12.7. The minimum absolute atomic E-state index is 0.0355. The van der Waals surface area contributed by atoms with Crippen LogP contribution >= 0.6 is 15.9 Å². The summed E-state index contributed by atoms with van der Waals surface area (Å²) in [5.74, 6) is 1.27. The third-order valence-electron chi connectivity index (χ3n) is 2.61. The van der Waals surface area contributed by atoms with Gasteiger partial charge in [0.1, 0.15) is 5.75 Å². The van der Waals surface area contributed by atoms with Crippen LogP contribution in [0.25, 0.3) is 0 Å². The van der Waals surface area contributed by atoms with Crippen LogP contribution in [-0.2, 0) is 9.53 Å². The average molecular weight is 358 g/mol. The molecule has 0 saturated carbocycles.